The van der Waals surface area contributed by atoms with Crippen LogP contribution in [0.4, 0.5) is 0 Å². The molecule has 1 aliphatic rings. The number of rotatable bonds is 5. The van der Waals surface area contributed by atoms with Crippen LogP contribution in [0.3, 0.4) is 0 Å². The fraction of sp³-hybridized carbons (Fsp3) is 0.318. The van der Waals surface area contributed by atoms with Crippen molar-refractivity contribution >= 4 is 16.8 Å². The summed E-state index contributed by atoms with van der Waals surface area (Å²) in [7, 11) is 0. The number of amides is 1. The highest BCUT2D eigenvalue weighted by atomic mass is 16.1. The Morgan fingerprint density at radius 2 is 1.96 bits per heavy atom. The zero-order valence-corrected chi connectivity index (χ0v) is 15.2. The maximum atomic E-state index is 12.3. The van der Waals surface area contributed by atoms with Gasteiger partial charge in [0.05, 0.1) is 10.9 Å². The van der Waals surface area contributed by atoms with Crippen LogP contribution in [0, 0.1) is 0 Å². The molecular formula is C22H23N3O2. The van der Waals surface area contributed by atoms with Gasteiger partial charge < -0.3 is 10.3 Å². The molecule has 1 atom stereocenters. The Labute approximate surface area is 157 Å². The zero-order chi connectivity index (χ0) is 18.6. The second-order valence-electron chi connectivity index (χ2n) is 7.12. The van der Waals surface area contributed by atoms with Crippen LogP contribution < -0.4 is 10.9 Å². The molecular weight excluding hydrogens is 338 g/mol. The van der Waals surface area contributed by atoms with E-state index in [1.54, 1.807) is 6.07 Å². The van der Waals surface area contributed by atoms with Crippen LogP contribution in [-0.4, -0.2) is 22.4 Å². The fourth-order valence-electron chi connectivity index (χ4n) is 3.88. The Kier molecular flexibility index (Phi) is 5.01. The maximum absolute atomic E-state index is 12.3. The van der Waals surface area contributed by atoms with E-state index in [4.69, 9.17) is 0 Å². The van der Waals surface area contributed by atoms with Gasteiger partial charge in [-0.05, 0) is 42.5 Å². The number of nitrogens with one attached hydrogen (secondary N) is 2. The third-order valence-corrected chi connectivity index (χ3v) is 5.29. The summed E-state index contributed by atoms with van der Waals surface area (Å²) >= 11 is 0. The average molecular weight is 361 g/mol. The molecule has 0 fully saturated rings. The number of H-pyrrole nitrogens is 1. The number of aryl methyl sites for hydroxylation is 2. The molecule has 0 radical (unpaired) electrons. The van der Waals surface area contributed by atoms with E-state index in [1.807, 2.05) is 18.2 Å². The molecule has 1 amide bonds. The first-order chi connectivity index (χ1) is 13.2. The maximum Gasteiger partial charge on any atom is 0.258 e. The van der Waals surface area contributed by atoms with Crippen LogP contribution in [0.1, 0.15) is 42.1 Å². The number of aromatic amines is 1. The van der Waals surface area contributed by atoms with E-state index in [1.165, 1.54) is 17.5 Å². The average Bonchev–Trinajstić information content (AvgIpc) is 2.71. The van der Waals surface area contributed by atoms with Gasteiger partial charge in [-0.25, -0.2) is 4.98 Å². The third kappa shape index (κ3) is 3.92. The monoisotopic (exact) mass is 361 g/mol. The molecule has 0 saturated carbocycles. The minimum absolute atomic E-state index is 0.00568. The van der Waals surface area contributed by atoms with Crippen molar-refractivity contribution in [2.45, 2.75) is 38.0 Å². The van der Waals surface area contributed by atoms with Crippen molar-refractivity contribution < 1.29 is 4.79 Å². The Bertz CT molecular complexity index is 1030. The molecule has 0 aliphatic heterocycles. The molecule has 138 valence electrons. The van der Waals surface area contributed by atoms with Gasteiger partial charge in [-0.1, -0.05) is 36.4 Å². The molecule has 3 aromatic rings. The number of hydrogen-bond acceptors (Lipinski definition) is 3. The fourth-order valence-corrected chi connectivity index (χ4v) is 3.88. The zero-order valence-electron chi connectivity index (χ0n) is 15.2. The van der Waals surface area contributed by atoms with Crippen LogP contribution in [-0.2, 0) is 17.6 Å². The van der Waals surface area contributed by atoms with Crippen molar-refractivity contribution in [3.05, 3.63) is 75.8 Å². The summed E-state index contributed by atoms with van der Waals surface area (Å²) in [4.78, 5) is 31.6. The predicted molar refractivity (Wildman–Crippen MR) is 106 cm³/mol. The lowest BCUT2D eigenvalue weighted by atomic mass is 9.83. The van der Waals surface area contributed by atoms with Crippen LogP contribution in [0.2, 0.25) is 0 Å². The number of aromatic nitrogens is 2. The topological polar surface area (TPSA) is 74.8 Å². The summed E-state index contributed by atoms with van der Waals surface area (Å²) in [6.45, 7) is 0.664. The highest BCUT2D eigenvalue weighted by molar-refractivity contribution is 5.78. The molecule has 5 heteroatoms. The summed E-state index contributed by atoms with van der Waals surface area (Å²) in [5.74, 6) is 0.934. The van der Waals surface area contributed by atoms with Crippen molar-refractivity contribution in [3.63, 3.8) is 0 Å². The number of carbonyl (C=O) groups excluding carboxylic acids is 1. The van der Waals surface area contributed by atoms with Gasteiger partial charge in [-0.2, -0.15) is 0 Å². The Balaban J connectivity index is 1.35. The van der Waals surface area contributed by atoms with E-state index < -0.39 is 0 Å². The van der Waals surface area contributed by atoms with Crippen molar-refractivity contribution in [1.82, 2.24) is 15.3 Å². The van der Waals surface area contributed by atoms with E-state index in [0.29, 0.717) is 42.0 Å². The third-order valence-electron chi connectivity index (χ3n) is 5.29. The minimum Gasteiger partial charge on any atom is -0.355 e. The second-order valence-corrected chi connectivity index (χ2v) is 7.12. The number of benzene rings is 2. The van der Waals surface area contributed by atoms with Gasteiger partial charge in [0.15, 0.2) is 0 Å². The van der Waals surface area contributed by atoms with Gasteiger partial charge in [-0.15, -0.1) is 0 Å². The number of para-hydroxylation sites is 1. The lowest BCUT2D eigenvalue weighted by Gasteiger charge is -2.25. The van der Waals surface area contributed by atoms with E-state index >= 15 is 0 Å². The van der Waals surface area contributed by atoms with Crippen molar-refractivity contribution in [2.24, 2.45) is 0 Å². The van der Waals surface area contributed by atoms with E-state index in [-0.39, 0.29) is 11.5 Å². The second kappa shape index (κ2) is 7.74. The SMILES string of the molecule is O=C(CCc1nc2ccccc2c(=O)[nH]1)NCC1CCCc2ccccc21. The van der Waals surface area contributed by atoms with Crippen LogP contribution >= 0.6 is 0 Å². The number of fused-ring (bicyclic) bond motifs is 2. The molecule has 27 heavy (non-hydrogen) atoms. The molecule has 1 aliphatic carbocycles. The smallest absolute Gasteiger partial charge is 0.258 e. The lowest BCUT2D eigenvalue weighted by Crippen LogP contribution is -2.30. The summed E-state index contributed by atoms with van der Waals surface area (Å²) in [5, 5.41) is 3.63. The largest absolute Gasteiger partial charge is 0.355 e. The first kappa shape index (κ1) is 17.5. The quantitative estimate of drug-likeness (QED) is 0.733. The molecule has 1 heterocycles. The van der Waals surface area contributed by atoms with Gasteiger partial charge in [0, 0.05) is 25.3 Å². The Hall–Kier alpha value is -2.95. The Morgan fingerprint density at radius 1 is 1.15 bits per heavy atom. The van der Waals surface area contributed by atoms with Crippen LogP contribution in [0.15, 0.2) is 53.3 Å². The molecule has 1 aromatic heterocycles. The van der Waals surface area contributed by atoms with Crippen molar-refractivity contribution in [2.75, 3.05) is 6.54 Å². The molecule has 5 nitrogen and oxygen atoms in total. The molecule has 1 unspecified atom stereocenters. The van der Waals surface area contributed by atoms with E-state index in [0.717, 1.165) is 12.8 Å². The molecule has 2 aromatic carbocycles. The molecule has 4 rings (SSSR count). The first-order valence-corrected chi connectivity index (χ1v) is 9.53. The van der Waals surface area contributed by atoms with Gasteiger partial charge in [-0.3, -0.25) is 9.59 Å². The number of carbonyl (C=O) groups is 1. The molecule has 0 bridgehead atoms. The normalized spacial score (nSPS) is 16.1. The highest BCUT2D eigenvalue weighted by Gasteiger charge is 2.20. The first-order valence-electron chi connectivity index (χ1n) is 9.53. The standard InChI is InChI=1S/C22H23N3O2/c26-21(23-14-16-8-5-7-15-6-1-2-9-17(15)16)13-12-20-24-19-11-4-3-10-18(19)22(27)25-20/h1-4,6,9-11,16H,5,7-8,12-14H2,(H,23,26)(H,24,25,27). The molecule has 2 N–H and O–H groups in total. The highest BCUT2D eigenvalue weighted by Crippen LogP contribution is 2.30. The van der Waals surface area contributed by atoms with E-state index in [2.05, 4.69) is 39.6 Å². The van der Waals surface area contributed by atoms with Gasteiger partial charge >= 0.3 is 0 Å². The lowest BCUT2D eigenvalue weighted by molar-refractivity contribution is -0.121. The van der Waals surface area contributed by atoms with Crippen LogP contribution in [0.25, 0.3) is 10.9 Å². The summed E-state index contributed by atoms with van der Waals surface area (Å²) in [6, 6.07) is 15.7. The van der Waals surface area contributed by atoms with Gasteiger partial charge in [0.25, 0.3) is 5.56 Å². The van der Waals surface area contributed by atoms with Gasteiger partial charge in [0.2, 0.25) is 5.91 Å². The number of hydrogen-bond donors (Lipinski definition) is 2. The van der Waals surface area contributed by atoms with E-state index in [9.17, 15) is 9.59 Å². The minimum atomic E-state index is -0.158. The summed E-state index contributed by atoms with van der Waals surface area (Å²) in [6.07, 6.45) is 4.14. The molecule has 0 spiro atoms. The predicted octanol–water partition coefficient (Wildman–Crippen LogP) is 3.09. The number of nitrogens with zero attached hydrogens (tertiary/aromatic N) is 1. The Morgan fingerprint density at radius 3 is 2.89 bits per heavy atom. The van der Waals surface area contributed by atoms with Crippen molar-refractivity contribution in [3.8, 4) is 0 Å². The van der Waals surface area contributed by atoms with Gasteiger partial charge in [0.1, 0.15) is 5.82 Å². The molecule has 0 saturated heterocycles. The van der Waals surface area contributed by atoms with Crippen LogP contribution in [0.5, 0.6) is 0 Å². The van der Waals surface area contributed by atoms with Crippen molar-refractivity contribution in [1.29, 1.82) is 0 Å². The summed E-state index contributed by atoms with van der Waals surface area (Å²) in [5.41, 5.74) is 3.27. The summed E-state index contributed by atoms with van der Waals surface area (Å²) < 4.78 is 0.